The standard InChI is InChI=1S/C17H15N3O/c1-12-5-4-6-13(11-12)9-10-16(21)20-17-18-14-7-2-3-8-15(14)19-17/h2-11H,1H3,(H2,18,19,20,21)/b10-9+. The minimum absolute atomic E-state index is 0.212. The van der Waals surface area contributed by atoms with E-state index in [0.717, 1.165) is 22.2 Å². The molecule has 0 fully saturated rings. The Bertz CT molecular complexity index is 785. The number of H-pyrrole nitrogens is 1. The first-order chi connectivity index (χ1) is 10.2. The summed E-state index contributed by atoms with van der Waals surface area (Å²) in [4.78, 5) is 19.2. The molecule has 2 aromatic carbocycles. The van der Waals surface area contributed by atoms with Crippen LogP contribution in [0.5, 0.6) is 0 Å². The van der Waals surface area contributed by atoms with E-state index in [4.69, 9.17) is 0 Å². The summed E-state index contributed by atoms with van der Waals surface area (Å²) in [6.07, 6.45) is 3.28. The Morgan fingerprint density at radius 3 is 2.86 bits per heavy atom. The molecule has 4 nitrogen and oxygen atoms in total. The van der Waals surface area contributed by atoms with Crippen molar-refractivity contribution in [3.05, 3.63) is 65.7 Å². The van der Waals surface area contributed by atoms with Crippen LogP contribution in [0.15, 0.2) is 54.6 Å². The maximum absolute atomic E-state index is 11.9. The summed E-state index contributed by atoms with van der Waals surface area (Å²) in [6.45, 7) is 2.02. The SMILES string of the molecule is Cc1cccc(/C=C/C(=O)Nc2nc3ccccc3[nH]2)c1. The molecule has 1 heterocycles. The molecule has 21 heavy (non-hydrogen) atoms. The number of imidazole rings is 1. The van der Waals surface area contributed by atoms with Crippen molar-refractivity contribution in [2.24, 2.45) is 0 Å². The fraction of sp³-hybridized carbons (Fsp3) is 0.0588. The van der Waals surface area contributed by atoms with Crippen LogP contribution in [-0.2, 0) is 4.79 Å². The number of aromatic amines is 1. The van der Waals surface area contributed by atoms with E-state index in [1.807, 2.05) is 55.5 Å². The molecular formula is C17H15N3O. The normalized spacial score (nSPS) is 11.1. The van der Waals surface area contributed by atoms with Crippen LogP contribution in [0, 0.1) is 6.92 Å². The van der Waals surface area contributed by atoms with Crippen molar-refractivity contribution in [2.45, 2.75) is 6.92 Å². The minimum Gasteiger partial charge on any atom is -0.324 e. The van der Waals surface area contributed by atoms with Gasteiger partial charge in [0.2, 0.25) is 5.95 Å². The average molecular weight is 277 g/mol. The highest BCUT2D eigenvalue weighted by Gasteiger charge is 2.03. The molecule has 0 spiro atoms. The second-order valence-electron chi connectivity index (χ2n) is 4.84. The van der Waals surface area contributed by atoms with Crippen LogP contribution < -0.4 is 5.32 Å². The highest BCUT2D eigenvalue weighted by Crippen LogP contribution is 2.13. The van der Waals surface area contributed by atoms with Gasteiger partial charge in [-0.15, -0.1) is 0 Å². The number of benzene rings is 2. The summed E-state index contributed by atoms with van der Waals surface area (Å²) >= 11 is 0. The van der Waals surface area contributed by atoms with E-state index in [1.54, 1.807) is 6.08 Å². The zero-order chi connectivity index (χ0) is 14.7. The van der Waals surface area contributed by atoms with Crippen molar-refractivity contribution in [2.75, 3.05) is 5.32 Å². The molecule has 0 atom stereocenters. The van der Waals surface area contributed by atoms with Gasteiger partial charge in [0.05, 0.1) is 11.0 Å². The molecule has 0 saturated carbocycles. The monoisotopic (exact) mass is 277 g/mol. The van der Waals surface area contributed by atoms with Crippen LogP contribution in [0.3, 0.4) is 0 Å². The van der Waals surface area contributed by atoms with Crippen molar-refractivity contribution in [3.8, 4) is 0 Å². The molecule has 0 aliphatic carbocycles. The van der Waals surface area contributed by atoms with Crippen molar-refractivity contribution >= 4 is 29.0 Å². The summed E-state index contributed by atoms with van der Waals surface area (Å²) in [5.41, 5.74) is 3.88. The number of hydrogen-bond acceptors (Lipinski definition) is 2. The number of amides is 1. The summed E-state index contributed by atoms with van der Waals surface area (Å²) in [7, 11) is 0. The number of para-hydroxylation sites is 2. The zero-order valence-corrected chi connectivity index (χ0v) is 11.6. The maximum Gasteiger partial charge on any atom is 0.250 e. The van der Waals surface area contributed by atoms with Crippen LogP contribution in [-0.4, -0.2) is 15.9 Å². The number of rotatable bonds is 3. The van der Waals surface area contributed by atoms with Gasteiger partial charge in [-0.25, -0.2) is 4.98 Å². The maximum atomic E-state index is 11.9. The number of nitrogens with one attached hydrogen (secondary N) is 2. The average Bonchev–Trinajstić information content (AvgIpc) is 2.87. The molecule has 3 rings (SSSR count). The Morgan fingerprint density at radius 2 is 2.05 bits per heavy atom. The van der Waals surface area contributed by atoms with Crippen molar-refractivity contribution in [3.63, 3.8) is 0 Å². The predicted octanol–water partition coefficient (Wildman–Crippen LogP) is 3.52. The largest absolute Gasteiger partial charge is 0.324 e. The van der Waals surface area contributed by atoms with E-state index >= 15 is 0 Å². The molecule has 0 saturated heterocycles. The Kier molecular flexibility index (Phi) is 3.51. The smallest absolute Gasteiger partial charge is 0.250 e. The number of hydrogen-bond donors (Lipinski definition) is 2. The molecule has 1 amide bonds. The number of aromatic nitrogens is 2. The van der Waals surface area contributed by atoms with Gasteiger partial charge >= 0.3 is 0 Å². The first kappa shape index (κ1) is 13.1. The van der Waals surface area contributed by atoms with Crippen molar-refractivity contribution < 1.29 is 4.79 Å². The van der Waals surface area contributed by atoms with Crippen LogP contribution in [0.4, 0.5) is 5.95 Å². The molecule has 0 unspecified atom stereocenters. The predicted molar refractivity (Wildman–Crippen MR) is 84.9 cm³/mol. The third-order valence-corrected chi connectivity index (χ3v) is 3.10. The fourth-order valence-electron chi connectivity index (χ4n) is 2.12. The molecule has 0 bridgehead atoms. The number of carbonyl (C=O) groups is 1. The Morgan fingerprint density at radius 1 is 1.19 bits per heavy atom. The lowest BCUT2D eigenvalue weighted by Crippen LogP contribution is -2.08. The van der Waals surface area contributed by atoms with Gasteiger partial charge in [0.15, 0.2) is 0 Å². The van der Waals surface area contributed by atoms with E-state index < -0.39 is 0 Å². The minimum atomic E-state index is -0.212. The summed E-state index contributed by atoms with van der Waals surface area (Å²) in [5, 5.41) is 2.72. The van der Waals surface area contributed by atoms with E-state index in [0.29, 0.717) is 5.95 Å². The Labute approximate surface area is 122 Å². The molecule has 104 valence electrons. The molecule has 3 aromatic rings. The number of fused-ring (bicyclic) bond motifs is 1. The highest BCUT2D eigenvalue weighted by molar-refractivity contribution is 6.01. The van der Waals surface area contributed by atoms with E-state index in [9.17, 15) is 4.79 Å². The third-order valence-electron chi connectivity index (χ3n) is 3.10. The van der Waals surface area contributed by atoms with E-state index in [2.05, 4.69) is 15.3 Å². The third kappa shape index (κ3) is 3.17. The Hall–Kier alpha value is -2.88. The molecular weight excluding hydrogens is 262 g/mol. The number of anilines is 1. The van der Waals surface area contributed by atoms with Crippen molar-refractivity contribution in [1.82, 2.24) is 9.97 Å². The molecule has 0 aliphatic heterocycles. The first-order valence-corrected chi connectivity index (χ1v) is 6.71. The first-order valence-electron chi connectivity index (χ1n) is 6.71. The second-order valence-corrected chi connectivity index (χ2v) is 4.84. The van der Waals surface area contributed by atoms with Gasteiger partial charge in [0.1, 0.15) is 0 Å². The Balaban J connectivity index is 1.71. The van der Waals surface area contributed by atoms with Gasteiger partial charge in [-0.05, 0) is 30.7 Å². The van der Waals surface area contributed by atoms with Crippen LogP contribution in [0.25, 0.3) is 17.1 Å². The van der Waals surface area contributed by atoms with Gasteiger partial charge in [-0.3, -0.25) is 10.1 Å². The van der Waals surface area contributed by atoms with Crippen LogP contribution in [0.1, 0.15) is 11.1 Å². The van der Waals surface area contributed by atoms with Gasteiger partial charge in [0.25, 0.3) is 5.91 Å². The second kappa shape index (κ2) is 5.63. The van der Waals surface area contributed by atoms with E-state index in [-0.39, 0.29) is 5.91 Å². The molecule has 0 radical (unpaired) electrons. The molecule has 1 aromatic heterocycles. The van der Waals surface area contributed by atoms with Gasteiger partial charge < -0.3 is 4.98 Å². The zero-order valence-electron chi connectivity index (χ0n) is 11.6. The lowest BCUT2D eigenvalue weighted by molar-refractivity contribution is -0.111. The summed E-state index contributed by atoms with van der Waals surface area (Å²) in [6, 6.07) is 15.6. The fourth-order valence-corrected chi connectivity index (χ4v) is 2.12. The highest BCUT2D eigenvalue weighted by atomic mass is 16.1. The quantitative estimate of drug-likeness (QED) is 0.720. The summed E-state index contributed by atoms with van der Waals surface area (Å²) < 4.78 is 0. The van der Waals surface area contributed by atoms with E-state index in [1.165, 1.54) is 6.08 Å². The van der Waals surface area contributed by atoms with Gasteiger partial charge in [-0.1, -0.05) is 42.0 Å². The summed E-state index contributed by atoms with van der Waals surface area (Å²) in [5.74, 6) is 0.241. The topological polar surface area (TPSA) is 57.8 Å². The molecule has 4 heteroatoms. The van der Waals surface area contributed by atoms with Crippen LogP contribution in [0.2, 0.25) is 0 Å². The lowest BCUT2D eigenvalue weighted by Gasteiger charge is -1.97. The number of aryl methyl sites for hydroxylation is 1. The lowest BCUT2D eigenvalue weighted by atomic mass is 10.1. The molecule has 0 aliphatic rings. The number of carbonyl (C=O) groups excluding carboxylic acids is 1. The van der Waals surface area contributed by atoms with Crippen LogP contribution >= 0.6 is 0 Å². The van der Waals surface area contributed by atoms with Gasteiger partial charge in [0, 0.05) is 6.08 Å². The van der Waals surface area contributed by atoms with Crippen molar-refractivity contribution in [1.29, 1.82) is 0 Å². The van der Waals surface area contributed by atoms with Gasteiger partial charge in [-0.2, -0.15) is 0 Å². The number of nitrogens with zero attached hydrogens (tertiary/aromatic N) is 1. The molecule has 2 N–H and O–H groups in total.